The van der Waals surface area contributed by atoms with E-state index in [9.17, 15) is 4.21 Å². The Hall–Kier alpha value is -0.710. The van der Waals surface area contributed by atoms with Gasteiger partial charge >= 0.3 is 0 Å². The first-order valence-electron chi connectivity index (χ1n) is 6.07. The summed E-state index contributed by atoms with van der Waals surface area (Å²) < 4.78 is 16.2. The topological polar surface area (TPSA) is 29.5 Å². The number of likely N-dealkylation sites (tertiary alicyclic amines) is 1. The molecule has 1 aromatic rings. The zero-order valence-electron chi connectivity index (χ0n) is 10.2. The van der Waals surface area contributed by atoms with Gasteiger partial charge in [-0.25, -0.2) is 4.21 Å². The van der Waals surface area contributed by atoms with Gasteiger partial charge in [0.2, 0.25) is 0 Å². The summed E-state index contributed by atoms with van der Waals surface area (Å²) >= 11 is -1.32. The minimum atomic E-state index is -1.32. The van der Waals surface area contributed by atoms with Gasteiger partial charge in [0.15, 0.2) is 11.1 Å². The van der Waals surface area contributed by atoms with Gasteiger partial charge in [0.1, 0.15) is 0 Å². The van der Waals surface area contributed by atoms with E-state index in [0.29, 0.717) is 0 Å². The van der Waals surface area contributed by atoms with Crippen LogP contribution in [-0.2, 0) is 21.8 Å². The highest BCUT2D eigenvalue weighted by atomic mass is 32.2. The Balaban J connectivity index is 1.95. The van der Waals surface area contributed by atoms with Gasteiger partial charge in [-0.1, -0.05) is 18.6 Å². The summed E-state index contributed by atoms with van der Waals surface area (Å²) in [7, 11) is 1.46. The fourth-order valence-electron chi connectivity index (χ4n) is 2.18. The van der Waals surface area contributed by atoms with Crippen molar-refractivity contribution in [2.75, 3.05) is 20.2 Å². The maximum atomic E-state index is 11.4. The zero-order chi connectivity index (χ0) is 12.1. The molecule has 0 bridgehead atoms. The van der Waals surface area contributed by atoms with Crippen molar-refractivity contribution in [2.24, 2.45) is 0 Å². The Morgan fingerprint density at radius 2 is 1.82 bits per heavy atom. The third kappa shape index (κ3) is 3.63. The molecule has 1 aliphatic rings. The molecular weight excluding hydrogens is 234 g/mol. The molecule has 94 valence electrons. The van der Waals surface area contributed by atoms with Crippen molar-refractivity contribution in [3.05, 3.63) is 29.8 Å². The molecule has 1 heterocycles. The van der Waals surface area contributed by atoms with Crippen LogP contribution in [0.25, 0.3) is 0 Å². The Labute approximate surface area is 105 Å². The van der Waals surface area contributed by atoms with Gasteiger partial charge in [0.25, 0.3) is 0 Å². The average molecular weight is 253 g/mol. The highest BCUT2D eigenvalue weighted by molar-refractivity contribution is 7.80. The number of nitrogens with zero attached hydrogens (tertiary/aromatic N) is 1. The second kappa shape index (κ2) is 6.28. The van der Waals surface area contributed by atoms with Crippen LogP contribution in [0.3, 0.4) is 0 Å². The molecule has 0 amide bonds. The molecule has 1 unspecified atom stereocenters. The summed E-state index contributed by atoms with van der Waals surface area (Å²) in [5.74, 6) is 0. The molecule has 4 heteroatoms. The quantitative estimate of drug-likeness (QED) is 0.825. The minimum absolute atomic E-state index is 0.731. The number of rotatable bonds is 4. The normalized spacial score (nSPS) is 19.1. The van der Waals surface area contributed by atoms with Crippen LogP contribution in [0.4, 0.5) is 0 Å². The van der Waals surface area contributed by atoms with E-state index in [2.05, 4.69) is 4.90 Å². The highest BCUT2D eigenvalue weighted by Gasteiger charge is 2.10. The van der Waals surface area contributed by atoms with Crippen molar-refractivity contribution in [2.45, 2.75) is 30.7 Å². The van der Waals surface area contributed by atoms with Gasteiger partial charge in [-0.3, -0.25) is 9.08 Å². The Morgan fingerprint density at radius 3 is 2.41 bits per heavy atom. The zero-order valence-corrected chi connectivity index (χ0v) is 11.0. The van der Waals surface area contributed by atoms with Crippen LogP contribution in [-0.4, -0.2) is 29.3 Å². The van der Waals surface area contributed by atoms with E-state index in [1.54, 1.807) is 0 Å². The summed E-state index contributed by atoms with van der Waals surface area (Å²) in [4.78, 5) is 3.21. The van der Waals surface area contributed by atoms with E-state index in [1.807, 2.05) is 24.3 Å². The van der Waals surface area contributed by atoms with Crippen molar-refractivity contribution in [3.63, 3.8) is 0 Å². The van der Waals surface area contributed by atoms with Crippen molar-refractivity contribution < 1.29 is 8.39 Å². The van der Waals surface area contributed by atoms with Crippen LogP contribution in [0.2, 0.25) is 0 Å². The first kappa shape index (κ1) is 12.7. The molecule has 0 saturated carbocycles. The molecule has 1 aromatic carbocycles. The van der Waals surface area contributed by atoms with E-state index in [1.165, 1.54) is 45.0 Å². The maximum absolute atomic E-state index is 11.4. The molecule has 17 heavy (non-hydrogen) atoms. The van der Waals surface area contributed by atoms with Gasteiger partial charge < -0.3 is 0 Å². The Kier molecular flexibility index (Phi) is 4.71. The number of benzene rings is 1. The van der Waals surface area contributed by atoms with Crippen LogP contribution in [0, 0.1) is 0 Å². The van der Waals surface area contributed by atoms with Crippen molar-refractivity contribution in [3.8, 4) is 0 Å². The average Bonchev–Trinajstić information content (AvgIpc) is 2.40. The van der Waals surface area contributed by atoms with Gasteiger partial charge in [0, 0.05) is 6.54 Å². The van der Waals surface area contributed by atoms with Gasteiger partial charge in [-0.15, -0.1) is 0 Å². The second-order valence-corrected chi connectivity index (χ2v) is 5.66. The van der Waals surface area contributed by atoms with Crippen molar-refractivity contribution >= 4 is 11.1 Å². The van der Waals surface area contributed by atoms with Gasteiger partial charge in [-0.2, -0.15) is 0 Å². The third-order valence-electron chi connectivity index (χ3n) is 3.12. The van der Waals surface area contributed by atoms with Gasteiger partial charge in [0.05, 0.1) is 12.0 Å². The molecule has 0 spiro atoms. The molecule has 0 aromatic heterocycles. The van der Waals surface area contributed by atoms with Crippen LogP contribution in [0.5, 0.6) is 0 Å². The molecule has 1 fully saturated rings. The summed E-state index contributed by atoms with van der Waals surface area (Å²) in [5.41, 5.74) is 1.28. The highest BCUT2D eigenvalue weighted by Crippen LogP contribution is 2.14. The smallest absolute Gasteiger partial charge is 0.188 e. The molecule has 0 radical (unpaired) electrons. The summed E-state index contributed by atoms with van der Waals surface area (Å²) in [6.45, 7) is 3.40. The standard InChI is InChI=1S/C13H19NO2S/c1-16-17(15)13-7-5-12(6-8-13)11-14-9-3-2-4-10-14/h5-8H,2-4,9-11H2,1H3. The number of hydrogen-bond acceptors (Lipinski definition) is 3. The lowest BCUT2D eigenvalue weighted by Gasteiger charge is -2.26. The second-order valence-electron chi connectivity index (χ2n) is 4.38. The lowest BCUT2D eigenvalue weighted by Crippen LogP contribution is -2.29. The van der Waals surface area contributed by atoms with E-state index in [-0.39, 0.29) is 0 Å². The van der Waals surface area contributed by atoms with Crippen LogP contribution in [0.15, 0.2) is 29.2 Å². The number of piperidine rings is 1. The number of hydrogen-bond donors (Lipinski definition) is 0. The molecule has 1 atom stereocenters. The SMILES string of the molecule is COS(=O)c1ccc(CN2CCCCC2)cc1. The predicted octanol–water partition coefficient (Wildman–Crippen LogP) is 2.34. The first-order chi connectivity index (χ1) is 8.29. The van der Waals surface area contributed by atoms with Crippen LogP contribution < -0.4 is 0 Å². The largest absolute Gasteiger partial charge is 0.299 e. The monoisotopic (exact) mass is 253 g/mol. The lowest BCUT2D eigenvalue weighted by molar-refractivity contribution is 0.221. The first-order valence-corrected chi connectivity index (χ1v) is 7.14. The fraction of sp³-hybridized carbons (Fsp3) is 0.538. The summed E-state index contributed by atoms with van der Waals surface area (Å²) in [5, 5.41) is 0. The molecule has 2 rings (SSSR count). The van der Waals surface area contributed by atoms with E-state index >= 15 is 0 Å². The Bertz CT molecular complexity index is 372. The fourth-order valence-corrected chi connectivity index (χ4v) is 2.73. The minimum Gasteiger partial charge on any atom is -0.299 e. The van der Waals surface area contributed by atoms with Crippen molar-refractivity contribution in [1.82, 2.24) is 4.90 Å². The van der Waals surface area contributed by atoms with E-state index in [0.717, 1.165) is 11.4 Å². The molecule has 1 aliphatic heterocycles. The van der Waals surface area contributed by atoms with Crippen LogP contribution >= 0.6 is 0 Å². The van der Waals surface area contributed by atoms with Gasteiger partial charge in [-0.05, 0) is 43.6 Å². The summed E-state index contributed by atoms with van der Waals surface area (Å²) in [6.07, 6.45) is 3.99. The molecule has 1 saturated heterocycles. The molecule has 0 aliphatic carbocycles. The summed E-state index contributed by atoms with van der Waals surface area (Å²) in [6, 6.07) is 7.86. The predicted molar refractivity (Wildman–Crippen MR) is 69.0 cm³/mol. The van der Waals surface area contributed by atoms with Crippen molar-refractivity contribution in [1.29, 1.82) is 0 Å². The molecule has 3 nitrogen and oxygen atoms in total. The molecular formula is C13H19NO2S. The molecule has 0 N–H and O–H groups in total. The Morgan fingerprint density at radius 1 is 1.18 bits per heavy atom. The lowest BCUT2D eigenvalue weighted by atomic mass is 10.1. The van der Waals surface area contributed by atoms with Crippen LogP contribution in [0.1, 0.15) is 24.8 Å². The maximum Gasteiger partial charge on any atom is 0.188 e. The third-order valence-corrected chi connectivity index (χ3v) is 4.08. The van der Waals surface area contributed by atoms with E-state index < -0.39 is 11.1 Å². The van der Waals surface area contributed by atoms with E-state index in [4.69, 9.17) is 4.18 Å².